The predicted molar refractivity (Wildman–Crippen MR) is 76.5 cm³/mol. The van der Waals surface area contributed by atoms with Gasteiger partial charge in [-0.25, -0.2) is 0 Å². The minimum absolute atomic E-state index is 0.400. The van der Waals surface area contributed by atoms with Gasteiger partial charge in [0.05, 0.1) is 4.92 Å². The van der Waals surface area contributed by atoms with Crippen LogP contribution in [-0.4, -0.2) is 31.1 Å². The van der Waals surface area contributed by atoms with E-state index in [-0.39, 0.29) is 0 Å². The fourth-order valence-corrected chi connectivity index (χ4v) is 2.67. The average molecular weight is 281 g/mol. The van der Waals surface area contributed by atoms with E-state index >= 15 is 0 Å². The number of anilines is 1. The minimum Gasteiger partial charge on any atom is -0.366 e. The molecule has 1 heterocycles. The van der Waals surface area contributed by atoms with Crippen LogP contribution in [0.3, 0.4) is 0 Å². The van der Waals surface area contributed by atoms with Crippen molar-refractivity contribution in [2.24, 2.45) is 5.92 Å². The number of piperidine rings is 1. The Balaban J connectivity index is 2.07. The number of halogens is 1. The molecule has 5 nitrogen and oxygen atoms in total. The topological polar surface area (TPSA) is 58.4 Å². The van der Waals surface area contributed by atoms with E-state index in [2.05, 4.69) is 12.2 Å². The summed E-state index contributed by atoms with van der Waals surface area (Å²) in [4.78, 5) is 12.3. The highest BCUT2D eigenvalue weighted by atomic mass is 19.1. The molecule has 1 aliphatic rings. The molecular formula is C14H20FN3O2. The highest BCUT2D eigenvalue weighted by Crippen LogP contribution is 2.33. The molecule has 0 bridgehead atoms. The summed E-state index contributed by atoms with van der Waals surface area (Å²) in [6, 6.07) is 4.30. The molecular weight excluding hydrogens is 261 g/mol. The second-order valence-electron chi connectivity index (χ2n) is 5.10. The van der Waals surface area contributed by atoms with Gasteiger partial charge in [-0.1, -0.05) is 13.0 Å². The van der Waals surface area contributed by atoms with Gasteiger partial charge in [0.25, 0.3) is 0 Å². The van der Waals surface area contributed by atoms with Gasteiger partial charge in [0.1, 0.15) is 5.69 Å². The second-order valence-corrected chi connectivity index (χ2v) is 5.10. The Morgan fingerprint density at radius 2 is 2.15 bits per heavy atom. The largest absolute Gasteiger partial charge is 0.366 e. The highest BCUT2D eigenvalue weighted by molar-refractivity contribution is 5.64. The fourth-order valence-electron chi connectivity index (χ4n) is 2.67. The van der Waals surface area contributed by atoms with Crippen LogP contribution in [0.2, 0.25) is 0 Å². The number of para-hydroxylation sites is 1. The van der Waals surface area contributed by atoms with Crippen molar-refractivity contribution in [1.29, 1.82) is 0 Å². The van der Waals surface area contributed by atoms with Crippen molar-refractivity contribution >= 4 is 11.4 Å². The van der Waals surface area contributed by atoms with E-state index in [1.54, 1.807) is 6.07 Å². The van der Waals surface area contributed by atoms with Crippen molar-refractivity contribution < 1.29 is 9.31 Å². The number of rotatable bonds is 5. The first-order valence-electron chi connectivity index (χ1n) is 7.02. The standard InChI is InChI=1S/C14H20FN3O2/c1-2-16-10-11-6-8-17(9-7-11)13-5-3-4-12(15)14(13)18(19)20/h3-5,11,16H,2,6-10H2,1H3. The number of nitro benzene ring substituents is 1. The molecule has 0 atom stereocenters. The Bertz CT molecular complexity index is 473. The van der Waals surface area contributed by atoms with Crippen molar-refractivity contribution in [1.82, 2.24) is 5.32 Å². The van der Waals surface area contributed by atoms with Gasteiger partial charge in [0.2, 0.25) is 5.82 Å². The molecule has 0 radical (unpaired) electrons. The lowest BCUT2D eigenvalue weighted by atomic mass is 9.96. The van der Waals surface area contributed by atoms with Crippen molar-refractivity contribution in [2.75, 3.05) is 31.1 Å². The van der Waals surface area contributed by atoms with Crippen LogP contribution >= 0.6 is 0 Å². The van der Waals surface area contributed by atoms with Crippen LogP contribution < -0.4 is 10.2 Å². The van der Waals surface area contributed by atoms with Gasteiger partial charge in [0, 0.05) is 13.1 Å². The maximum Gasteiger partial charge on any atom is 0.327 e. The van der Waals surface area contributed by atoms with Gasteiger partial charge in [0.15, 0.2) is 0 Å². The first-order valence-corrected chi connectivity index (χ1v) is 7.02. The Hall–Kier alpha value is -1.69. The summed E-state index contributed by atoms with van der Waals surface area (Å²) in [7, 11) is 0. The van der Waals surface area contributed by atoms with Crippen LogP contribution in [0.1, 0.15) is 19.8 Å². The van der Waals surface area contributed by atoms with E-state index in [1.807, 2.05) is 4.90 Å². The molecule has 110 valence electrons. The summed E-state index contributed by atoms with van der Waals surface area (Å²) in [5.74, 6) is -0.166. The zero-order valence-corrected chi connectivity index (χ0v) is 11.6. The summed E-state index contributed by atoms with van der Waals surface area (Å²) < 4.78 is 13.6. The minimum atomic E-state index is -0.762. The molecule has 0 aliphatic carbocycles. The number of benzene rings is 1. The van der Waals surface area contributed by atoms with Crippen molar-refractivity contribution in [3.63, 3.8) is 0 Å². The molecule has 2 rings (SSSR count). The van der Waals surface area contributed by atoms with Gasteiger partial charge < -0.3 is 10.2 Å². The summed E-state index contributed by atoms with van der Waals surface area (Å²) in [6.07, 6.45) is 1.95. The number of nitro groups is 1. The fraction of sp³-hybridized carbons (Fsp3) is 0.571. The normalized spacial score (nSPS) is 16.4. The Kier molecular flexibility index (Phi) is 4.89. The van der Waals surface area contributed by atoms with Crippen LogP contribution in [0.4, 0.5) is 15.8 Å². The van der Waals surface area contributed by atoms with Crippen LogP contribution in [0.5, 0.6) is 0 Å². The van der Waals surface area contributed by atoms with Crippen LogP contribution in [0.15, 0.2) is 18.2 Å². The number of nitrogens with one attached hydrogen (secondary N) is 1. The SMILES string of the molecule is CCNCC1CCN(c2cccc(F)c2[N+](=O)[O-])CC1. The molecule has 6 heteroatoms. The summed E-state index contributed by atoms with van der Waals surface area (Å²) in [5, 5.41) is 14.3. The summed E-state index contributed by atoms with van der Waals surface area (Å²) >= 11 is 0. The van der Waals surface area contributed by atoms with E-state index in [0.29, 0.717) is 11.6 Å². The van der Waals surface area contributed by atoms with Crippen LogP contribution in [-0.2, 0) is 0 Å². The zero-order chi connectivity index (χ0) is 14.5. The van der Waals surface area contributed by atoms with Gasteiger partial charge >= 0.3 is 5.69 Å². The maximum atomic E-state index is 13.6. The lowest BCUT2D eigenvalue weighted by molar-refractivity contribution is -0.386. The average Bonchev–Trinajstić information content (AvgIpc) is 2.45. The van der Waals surface area contributed by atoms with Crippen LogP contribution in [0.25, 0.3) is 0 Å². The van der Waals surface area contributed by atoms with Gasteiger partial charge in [-0.3, -0.25) is 10.1 Å². The molecule has 0 amide bonds. The van der Waals surface area contributed by atoms with Gasteiger partial charge in [-0.2, -0.15) is 4.39 Å². The maximum absolute atomic E-state index is 13.6. The van der Waals surface area contributed by atoms with Gasteiger partial charge in [-0.05, 0) is 44.0 Å². The summed E-state index contributed by atoms with van der Waals surface area (Å²) in [6.45, 7) is 5.48. The molecule has 1 aromatic carbocycles. The molecule has 0 aromatic heterocycles. The molecule has 1 aliphatic heterocycles. The lowest BCUT2D eigenvalue weighted by Gasteiger charge is -2.33. The Morgan fingerprint density at radius 3 is 2.75 bits per heavy atom. The van der Waals surface area contributed by atoms with Crippen molar-refractivity contribution in [3.8, 4) is 0 Å². The third-order valence-electron chi connectivity index (χ3n) is 3.79. The van der Waals surface area contributed by atoms with Gasteiger partial charge in [-0.15, -0.1) is 0 Å². The van der Waals surface area contributed by atoms with E-state index in [1.165, 1.54) is 6.07 Å². The number of hydrogen-bond acceptors (Lipinski definition) is 4. The molecule has 0 saturated carbocycles. The first kappa shape index (κ1) is 14.7. The predicted octanol–water partition coefficient (Wildman–Crippen LogP) is 2.56. The third-order valence-corrected chi connectivity index (χ3v) is 3.79. The second kappa shape index (κ2) is 6.65. The number of hydrogen-bond donors (Lipinski definition) is 1. The molecule has 1 N–H and O–H groups in total. The lowest BCUT2D eigenvalue weighted by Crippen LogP contribution is -2.37. The summed E-state index contributed by atoms with van der Waals surface area (Å²) in [5.41, 5.74) is -0.00506. The smallest absolute Gasteiger partial charge is 0.327 e. The highest BCUT2D eigenvalue weighted by Gasteiger charge is 2.27. The molecule has 1 fully saturated rings. The molecule has 1 saturated heterocycles. The Labute approximate surface area is 117 Å². The van der Waals surface area contributed by atoms with Crippen LogP contribution in [0, 0.1) is 21.8 Å². The Morgan fingerprint density at radius 1 is 1.45 bits per heavy atom. The van der Waals surface area contributed by atoms with E-state index in [0.717, 1.165) is 45.1 Å². The first-order chi connectivity index (χ1) is 9.63. The number of nitrogens with zero attached hydrogens (tertiary/aromatic N) is 2. The molecule has 0 spiro atoms. The van der Waals surface area contributed by atoms with E-state index in [4.69, 9.17) is 0 Å². The van der Waals surface area contributed by atoms with E-state index in [9.17, 15) is 14.5 Å². The third kappa shape index (κ3) is 3.25. The molecule has 1 aromatic rings. The van der Waals surface area contributed by atoms with E-state index < -0.39 is 16.4 Å². The van der Waals surface area contributed by atoms with Crippen molar-refractivity contribution in [3.05, 3.63) is 34.1 Å². The quantitative estimate of drug-likeness (QED) is 0.665. The molecule has 0 unspecified atom stereocenters. The molecule has 20 heavy (non-hydrogen) atoms. The van der Waals surface area contributed by atoms with Crippen molar-refractivity contribution in [2.45, 2.75) is 19.8 Å². The monoisotopic (exact) mass is 281 g/mol. The zero-order valence-electron chi connectivity index (χ0n) is 11.6.